The van der Waals surface area contributed by atoms with Crippen molar-refractivity contribution in [1.29, 1.82) is 0 Å². The van der Waals surface area contributed by atoms with E-state index in [-0.39, 0.29) is 12.5 Å². The maximum Gasteiger partial charge on any atom is 0.244 e. The number of amides is 2. The van der Waals surface area contributed by atoms with Gasteiger partial charge in [0.1, 0.15) is 12.6 Å². The van der Waals surface area contributed by atoms with E-state index < -0.39 is 28.5 Å². The Labute approximate surface area is 205 Å². The van der Waals surface area contributed by atoms with E-state index >= 15 is 0 Å². The van der Waals surface area contributed by atoms with Gasteiger partial charge in [-0.15, -0.1) is 0 Å². The van der Waals surface area contributed by atoms with Gasteiger partial charge in [0.15, 0.2) is 0 Å². The summed E-state index contributed by atoms with van der Waals surface area (Å²) in [6.07, 6.45) is 1.38. The van der Waals surface area contributed by atoms with Crippen LogP contribution in [0, 0.1) is 6.92 Å². The summed E-state index contributed by atoms with van der Waals surface area (Å²) in [5.74, 6) is -0.843. The van der Waals surface area contributed by atoms with Gasteiger partial charge < -0.3 is 10.2 Å². The molecule has 0 fully saturated rings. The van der Waals surface area contributed by atoms with Gasteiger partial charge in [-0.05, 0) is 50.1 Å². The van der Waals surface area contributed by atoms with Crippen molar-refractivity contribution in [1.82, 2.24) is 10.2 Å². The number of hydrogen-bond acceptors (Lipinski definition) is 4. The van der Waals surface area contributed by atoms with E-state index in [1.807, 2.05) is 6.92 Å². The van der Waals surface area contributed by atoms with Crippen LogP contribution >= 0.6 is 23.2 Å². The smallest absolute Gasteiger partial charge is 0.244 e. The fourth-order valence-corrected chi connectivity index (χ4v) is 4.69. The number of nitrogens with zero attached hydrogens (tertiary/aromatic N) is 2. The van der Waals surface area contributed by atoms with Crippen LogP contribution in [0.15, 0.2) is 42.5 Å². The summed E-state index contributed by atoms with van der Waals surface area (Å²) in [5, 5.41) is 3.54. The Bertz CT molecular complexity index is 1090. The molecule has 0 aliphatic rings. The van der Waals surface area contributed by atoms with Crippen LogP contribution in [-0.4, -0.2) is 50.5 Å². The minimum Gasteiger partial charge on any atom is -0.355 e. The van der Waals surface area contributed by atoms with E-state index in [0.717, 1.165) is 16.1 Å². The van der Waals surface area contributed by atoms with Gasteiger partial charge in [-0.3, -0.25) is 13.9 Å². The molecule has 0 spiro atoms. The molecular weight excluding hydrogens is 485 g/mol. The first-order valence-corrected chi connectivity index (χ1v) is 13.1. The second kappa shape index (κ2) is 11.7. The molecule has 2 aromatic carbocycles. The molecule has 2 rings (SSSR count). The van der Waals surface area contributed by atoms with Crippen molar-refractivity contribution >= 4 is 50.7 Å². The van der Waals surface area contributed by atoms with Crippen LogP contribution in [0.1, 0.15) is 31.4 Å². The van der Waals surface area contributed by atoms with Gasteiger partial charge in [-0.1, -0.05) is 53.9 Å². The van der Waals surface area contributed by atoms with Crippen molar-refractivity contribution in [3.63, 3.8) is 0 Å². The van der Waals surface area contributed by atoms with Crippen LogP contribution in [-0.2, 0) is 26.2 Å². The molecule has 0 bridgehead atoms. The average Bonchev–Trinajstić information content (AvgIpc) is 2.73. The predicted molar refractivity (Wildman–Crippen MR) is 133 cm³/mol. The molecule has 180 valence electrons. The molecule has 0 aliphatic heterocycles. The van der Waals surface area contributed by atoms with E-state index in [1.54, 1.807) is 56.3 Å². The van der Waals surface area contributed by atoms with Crippen LogP contribution in [0.2, 0.25) is 10.0 Å². The maximum absolute atomic E-state index is 13.5. The van der Waals surface area contributed by atoms with Crippen molar-refractivity contribution in [2.75, 3.05) is 23.7 Å². The number of rotatable bonds is 10. The molecule has 1 atom stereocenters. The number of benzene rings is 2. The van der Waals surface area contributed by atoms with E-state index in [4.69, 9.17) is 23.2 Å². The van der Waals surface area contributed by atoms with Gasteiger partial charge in [0.25, 0.3) is 0 Å². The topological polar surface area (TPSA) is 86.8 Å². The molecule has 2 amide bonds. The van der Waals surface area contributed by atoms with Crippen molar-refractivity contribution in [2.45, 2.75) is 39.8 Å². The van der Waals surface area contributed by atoms with E-state index in [2.05, 4.69) is 5.32 Å². The lowest BCUT2D eigenvalue weighted by atomic mass is 10.1. The van der Waals surface area contributed by atoms with Crippen LogP contribution < -0.4 is 9.62 Å². The summed E-state index contributed by atoms with van der Waals surface area (Å²) in [5.41, 5.74) is 1.92. The molecule has 2 aromatic rings. The standard InChI is InChI=1S/C23H29Cl2N3O4S/c1-5-21(23(30)26-6-2)27(14-17-9-10-18(24)13-20(17)25)22(29)15-28(33(4,31)32)19-11-7-16(3)8-12-19/h7-13,21H,5-6,14-15H2,1-4H3,(H,26,30)/t21-/m1/s1. The van der Waals surface area contributed by atoms with Gasteiger partial charge in [0.2, 0.25) is 21.8 Å². The Hall–Kier alpha value is -2.29. The minimum atomic E-state index is -3.77. The number of likely N-dealkylation sites (N-methyl/N-ethyl adjacent to an activating group) is 1. The number of hydrogen-bond donors (Lipinski definition) is 1. The third-order valence-electron chi connectivity index (χ3n) is 5.09. The van der Waals surface area contributed by atoms with Crippen molar-refractivity contribution in [3.8, 4) is 0 Å². The van der Waals surface area contributed by atoms with Crippen LogP contribution in [0.5, 0.6) is 0 Å². The summed E-state index contributed by atoms with van der Waals surface area (Å²) in [4.78, 5) is 27.6. The highest BCUT2D eigenvalue weighted by Gasteiger charge is 2.31. The summed E-state index contributed by atoms with van der Waals surface area (Å²) in [6.45, 7) is 5.43. The molecule has 10 heteroatoms. The Morgan fingerprint density at radius 1 is 1.06 bits per heavy atom. The largest absolute Gasteiger partial charge is 0.355 e. The van der Waals surface area contributed by atoms with E-state index in [1.165, 1.54) is 4.90 Å². The lowest BCUT2D eigenvalue weighted by Gasteiger charge is -2.33. The molecule has 33 heavy (non-hydrogen) atoms. The SMILES string of the molecule is CCNC(=O)[C@@H](CC)N(Cc1ccc(Cl)cc1Cl)C(=O)CN(c1ccc(C)cc1)S(C)(=O)=O. The Balaban J connectivity index is 2.45. The van der Waals surface area contributed by atoms with E-state index in [0.29, 0.717) is 34.3 Å². The zero-order valence-corrected chi connectivity index (χ0v) is 21.5. The number of halogens is 2. The number of sulfonamides is 1. The van der Waals surface area contributed by atoms with Gasteiger partial charge >= 0.3 is 0 Å². The normalized spacial score (nSPS) is 12.2. The molecule has 0 aromatic heterocycles. The van der Waals surface area contributed by atoms with Crippen molar-refractivity contribution < 1.29 is 18.0 Å². The van der Waals surface area contributed by atoms with Gasteiger partial charge in [-0.25, -0.2) is 8.42 Å². The molecule has 0 radical (unpaired) electrons. The maximum atomic E-state index is 13.5. The molecule has 0 unspecified atom stereocenters. The summed E-state index contributed by atoms with van der Waals surface area (Å²) >= 11 is 12.3. The van der Waals surface area contributed by atoms with Crippen LogP contribution in [0.25, 0.3) is 0 Å². The molecule has 1 N–H and O–H groups in total. The number of carbonyl (C=O) groups excluding carboxylic acids is 2. The zero-order chi connectivity index (χ0) is 24.8. The van der Waals surface area contributed by atoms with Gasteiger partial charge in [0.05, 0.1) is 11.9 Å². The Kier molecular flexibility index (Phi) is 9.57. The van der Waals surface area contributed by atoms with Crippen LogP contribution in [0.3, 0.4) is 0 Å². The lowest BCUT2D eigenvalue weighted by Crippen LogP contribution is -2.52. The zero-order valence-electron chi connectivity index (χ0n) is 19.1. The molecule has 0 heterocycles. The first-order valence-electron chi connectivity index (χ1n) is 10.5. The van der Waals surface area contributed by atoms with Crippen LogP contribution in [0.4, 0.5) is 5.69 Å². The highest BCUT2D eigenvalue weighted by atomic mass is 35.5. The molecule has 0 aliphatic carbocycles. The molecule has 0 saturated heterocycles. The number of carbonyl (C=O) groups is 2. The van der Waals surface area contributed by atoms with Gasteiger partial charge in [-0.2, -0.15) is 0 Å². The molecule has 7 nitrogen and oxygen atoms in total. The quantitative estimate of drug-likeness (QED) is 0.519. The number of anilines is 1. The predicted octanol–water partition coefficient (Wildman–Crippen LogP) is 4.01. The van der Waals surface area contributed by atoms with E-state index in [9.17, 15) is 18.0 Å². The fourth-order valence-electron chi connectivity index (χ4n) is 3.37. The van der Waals surface area contributed by atoms with Gasteiger partial charge in [0, 0.05) is 23.1 Å². The number of nitrogens with one attached hydrogen (secondary N) is 1. The first kappa shape index (κ1) is 27.0. The fraction of sp³-hybridized carbons (Fsp3) is 0.391. The third-order valence-corrected chi connectivity index (χ3v) is 6.82. The summed E-state index contributed by atoms with van der Waals surface area (Å²) in [6, 6.07) is 10.9. The lowest BCUT2D eigenvalue weighted by molar-refractivity contribution is -0.140. The molecule has 0 saturated carbocycles. The Morgan fingerprint density at radius 3 is 2.21 bits per heavy atom. The highest BCUT2D eigenvalue weighted by Crippen LogP contribution is 2.25. The Morgan fingerprint density at radius 2 is 1.70 bits per heavy atom. The second-order valence-electron chi connectivity index (χ2n) is 7.68. The number of aryl methyl sites for hydroxylation is 1. The monoisotopic (exact) mass is 513 g/mol. The first-order chi connectivity index (χ1) is 15.5. The second-order valence-corrected chi connectivity index (χ2v) is 10.4. The highest BCUT2D eigenvalue weighted by molar-refractivity contribution is 7.92. The van der Waals surface area contributed by atoms with Crippen molar-refractivity contribution in [3.05, 3.63) is 63.6 Å². The third kappa shape index (κ3) is 7.35. The summed E-state index contributed by atoms with van der Waals surface area (Å²) < 4.78 is 26.1. The molecular formula is C23H29Cl2N3O4S. The van der Waals surface area contributed by atoms with Crippen molar-refractivity contribution in [2.24, 2.45) is 0 Å². The summed E-state index contributed by atoms with van der Waals surface area (Å²) in [7, 11) is -3.77. The average molecular weight is 514 g/mol. The minimum absolute atomic E-state index is 0.0238.